The number of hydrogen-bond donors (Lipinski definition) is 0. The van der Waals surface area contributed by atoms with Gasteiger partial charge in [0, 0.05) is 12.8 Å². The van der Waals surface area contributed by atoms with Crippen molar-refractivity contribution in [2.45, 2.75) is 64.1 Å². The molecule has 1 aliphatic heterocycles. The highest BCUT2D eigenvalue weighted by Crippen LogP contribution is 2.57. The van der Waals surface area contributed by atoms with Crippen molar-refractivity contribution in [1.82, 2.24) is 0 Å². The standard InChI is InChI=1S/C15H22O2/c1-4-10-7-13(16)8-11-5-6-12-9-15(10,11)17-14(12,2)3/h5,10,12H,4,6-9H2,1-3H3. The molecule has 1 saturated carbocycles. The predicted octanol–water partition coefficient (Wildman–Crippen LogP) is 3.26. The molecule has 0 aromatic rings. The minimum absolute atomic E-state index is 0.0218. The lowest BCUT2D eigenvalue weighted by Gasteiger charge is -2.44. The summed E-state index contributed by atoms with van der Waals surface area (Å²) in [6.45, 7) is 6.62. The molecule has 2 fully saturated rings. The second-order valence-electron chi connectivity index (χ2n) is 6.49. The maximum absolute atomic E-state index is 11.8. The first kappa shape index (κ1) is 11.5. The van der Waals surface area contributed by atoms with Gasteiger partial charge in [0.15, 0.2) is 0 Å². The maximum Gasteiger partial charge on any atom is 0.137 e. The molecule has 0 N–H and O–H groups in total. The van der Waals surface area contributed by atoms with Crippen molar-refractivity contribution in [3.63, 3.8) is 0 Å². The van der Waals surface area contributed by atoms with Crippen molar-refractivity contribution in [1.29, 1.82) is 0 Å². The van der Waals surface area contributed by atoms with Crippen molar-refractivity contribution < 1.29 is 9.53 Å². The first-order valence-electron chi connectivity index (χ1n) is 6.89. The molecule has 2 heteroatoms. The second-order valence-corrected chi connectivity index (χ2v) is 6.49. The van der Waals surface area contributed by atoms with Gasteiger partial charge < -0.3 is 4.74 Å². The number of Topliss-reactive ketones (excluding diaryl/α,β-unsaturated/α-hetero) is 1. The average molecular weight is 234 g/mol. The highest BCUT2D eigenvalue weighted by Gasteiger charge is 2.59. The summed E-state index contributed by atoms with van der Waals surface area (Å²) in [7, 11) is 0. The Kier molecular flexibility index (Phi) is 2.32. The van der Waals surface area contributed by atoms with Gasteiger partial charge in [0.25, 0.3) is 0 Å². The van der Waals surface area contributed by atoms with Crippen LogP contribution in [0.3, 0.4) is 0 Å². The SMILES string of the molecule is CCC1CC(=O)CC2=CCC3CC21OC3(C)C. The molecular formula is C15H22O2. The van der Waals surface area contributed by atoms with Crippen LogP contribution in [0.5, 0.6) is 0 Å². The summed E-state index contributed by atoms with van der Waals surface area (Å²) in [5, 5.41) is 0. The molecule has 0 radical (unpaired) electrons. The highest BCUT2D eigenvalue weighted by molar-refractivity contribution is 5.83. The molecule has 1 saturated heterocycles. The third-order valence-corrected chi connectivity index (χ3v) is 5.18. The Morgan fingerprint density at radius 2 is 2.24 bits per heavy atom. The van der Waals surface area contributed by atoms with Gasteiger partial charge >= 0.3 is 0 Å². The number of rotatable bonds is 1. The minimum atomic E-state index is -0.0882. The number of ether oxygens (including phenoxy) is 1. The van der Waals surface area contributed by atoms with Crippen LogP contribution >= 0.6 is 0 Å². The van der Waals surface area contributed by atoms with Crippen molar-refractivity contribution >= 4 is 5.78 Å². The summed E-state index contributed by atoms with van der Waals surface area (Å²) in [6.07, 6.45) is 6.94. The van der Waals surface area contributed by atoms with E-state index in [9.17, 15) is 4.79 Å². The normalized spacial score (nSPS) is 43.2. The van der Waals surface area contributed by atoms with Crippen LogP contribution in [0.15, 0.2) is 11.6 Å². The average Bonchev–Trinajstić information content (AvgIpc) is 2.47. The first-order valence-corrected chi connectivity index (χ1v) is 6.89. The summed E-state index contributed by atoms with van der Waals surface area (Å²) in [4.78, 5) is 11.8. The van der Waals surface area contributed by atoms with Gasteiger partial charge in [-0.1, -0.05) is 13.0 Å². The Labute approximate surface area is 103 Å². The third kappa shape index (κ3) is 1.46. The fraction of sp³-hybridized carbons (Fsp3) is 0.800. The van der Waals surface area contributed by atoms with Gasteiger partial charge in [-0.2, -0.15) is 0 Å². The van der Waals surface area contributed by atoms with Gasteiger partial charge in [0.1, 0.15) is 5.78 Å². The van der Waals surface area contributed by atoms with Crippen molar-refractivity contribution in [3.8, 4) is 0 Å². The van der Waals surface area contributed by atoms with Gasteiger partial charge in [0.2, 0.25) is 0 Å². The molecule has 94 valence electrons. The molecular weight excluding hydrogens is 212 g/mol. The first-order chi connectivity index (χ1) is 7.98. The molecule has 3 rings (SSSR count). The lowest BCUT2D eigenvalue weighted by Crippen LogP contribution is -2.46. The lowest BCUT2D eigenvalue weighted by molar-refractivity contribution is -0.135. The Balaban J connectivity index is 2.04. The molecule has 1 spiro atoms. The number of allylic oxidation sites excluding steroid dienone is 1. The molecule has 0 aromatic heterocycles. The van der Waals surface area contributed by atoms with Gasteiger partial charge in [0.05, 0.1) is 11.2 Å². The van der Waals surface area contributed by atoms with E-state index in [2.05, 4.69) is 26.8 Å². The zero-order chi connectivity index (χ0) is 12.3. The Morgan fingerprint density at radius 3 is 2.94 bits per heavy atom. The molecule has 2 bridgehead atoms. The monoisotopic (exact) mass is 234 g/mol. The molecule has 17 heavy (non-hydrogen) atoms. The molecule has 3 aliphatic rings. The number of ketones is 1. The zero-order valence-corrected chi connectivity index (χ0v) is 11.1. The molecule has 3 unspecified atom stereocenters. The van der Waals surface area contributed by atoms with Gasteiger partial charge in [-0.15, -0.1) is 0 Å². The van der Waals surface area contributed by atoms with E-state index < -0.39 is 0 Å². The van der Waals surface area contributed by atoms with E-state index in [4.69, 9.17) is 4.74 Å². The van der Waals surface area contributed by atoms with Crippen LogP contribution in [-0.2, 0) is 9.53 Å². The van der Waals surface area contributed by atoms with Crippen LogP contribution in [0.25, 0.3) is 0 Å². The lowest BCUT2D eigenvalue weighted by atomic mass is 9.64. The number of carbonyl (C=O) groups is 1. The Bertz CT molecular complexity index is 394. The summed E-state index contributed by atoms with van der Waals surface area (Å²) in [5.41, 5.74) is 1.18. The predicted molar refractivity (Wildman–Crippen MR) is 66.7 cm³/mol. The molecule has 2 aliphatic carbocycles. The van der Waals surface area contributed by atoms with E-state index in [1.54, 1.807) is 0 Å². The van der Waals surface area contributed by atoms with Crippen LogP contribution in [0, 0.1) is 11.8 Å². The van der Waals surface area contributed by atoms with E-state index >= 15 is 0 Å². The summed E-state index contributed by atoms with van der Waals surface area (Å²) < 4.78 is 6.50. The molecule has 3 atom stereocenters. The highest BCUT2D eigenvalue weighted by atomic mass is 16.5. The Hall–Kier alpha value is -0.630. The van der Waals surface area contributed by atoms with Gasteiger partial charge in [-0.05, 0) is 50.5 Å². The smallest absolute Gasteiger partial charge is 0.137 e. The molecule has 0 amide bonds. The van der Waals surface area contributed by atoms with Crippen molar-refractivity contribution in [2.24, 2.45) is 11.8 Å². The van der Waals surface area contributed by atoms with Crippen molar-refractivity contribution in [3.05, 3.63) is 11.6 Å². The molecule has 0 aromatic carbocycles. The molecule has 1 heterocycles. The zero-order valence-electron chi connectivity index (χ0n) is 11.1. The number of hydrogen-bond acceptors (Lipinski definition) is 2. The summed E-state index contributed by atoms with van der Waals surface area (Å²) in [6, 6.07) is 0. The maximum atomic E-state index is 11.8. The van der Waals surface area contributed by atoms with E-state index in [1.165, 1.54) is 5.57 Å². The van der Waals surface area contributed by atoms with Gasteiger partial charge in [-0.25, -0.2) is 0 Å². The quantitative estimate of drug-likeness (QED) is 0.651. The Morgan fingerprint density at radius 1 is 1.47 bits per heavy atom. The number of fused-ring (bicyclic) bond motifs is 1. The fourth-order valence-corrected chi connectivity index (χ4v) is 4.16. The minimum Gasteiger partial charge on any atom is -0.364 e. The summed E-state index contributed by atoms with van der Waals surface area (Å²) in [5.74, 6) is 1.44. The van der Waals surface area contributed by atoms with E-state index in [0.717, 1.165) is 25.7 Å². The van der Waals surface area contributed by atoms with Crippen LogP contribution in [0.1, 0.15) is 52.9 Å². The van der Waals surface area contributed by atoms with Crippen LogP contribution in [-0.4, -0.2) is 17.0 Å². The van der Waals surface area contributed by atoms with E-state index in [1.807, 2.05) is 0 Å². The van der Waals surface area contributed by atoms with Crippen molar-refractivity contribution in [2.75, 3.05) is 0 Å². The number of carbonyl (C=O) groups excluding carboxylic acids is 1. The topological polar surface area (TPSA) is 26.3 Å². The largest absolute Gasteiger partial charge is 0.364 e. The summed E-state index contributed by atoms with van der Waals surface area (Å²) >= 11 is 0. The van der Waals surface area contributed by atoms with Gasteiger partial charge in [-0.3, -0.25) is 4.79 Å². The second kappa shape index (κ2) is 3.44. The van der Waals surface area contributed by atoms with Crippen LogP contribution in [0.4, 0.5) is 0 Å². The van der Waals surface area contributed by atoms with E-state index in [-0.39, 0.29) is 11.2 Å². The third-order valence-electron chi connectivity index (χ3n) is 5.18. The van der Waals surface area contributed by atoms with E-state index in [0.29, 0.717) is 24.0 Å². The van der Waals surface area contributed by atoms with Crippen LogP contribution < -0.4 is 0 Å². The van der Waals surface area contributed by atoms with Crippen LogP contribution in [0.2, 0.25) is 0 Å². The molecule has 2 nitrogen and oxygen atoms in total. The fourth-order valence-electron chi connectivity index (χ4n) is 4.16.